The summed E-state index contributed by atoms with van der Waals surface area (Å²) in [5.41, 5.74) is 0.339. The van der Waals surface area contributed by atoms with Crippen molar-refractivity contribution in [2.45, 2.75) is 0 Å². The normalized spacial score (nSPS) is 14.8. The molecule has 72 valence electrons. The van der Waals surface area contributed by atoms with Crippen LogP contribution in [0.1, 0.15) is 20.7 Å². The van der Waals surface area contributed by atoms with Crippen molar-refractivity contribution < 1.29 is 19.8 Å². The van der Waals surface area contributed by atoms with Gasteiger partial charge >= 0.3 is 0 Å². The Bertz CT molecular complexity index is 427. The van der Waals surface area contributed by atoms with Crippen molar-refractivity contribution in [3.05, 3.63) is 29.3 Å². The topological polar surface area (TPSA) is 77.8 Å². The lowest BCUT2D eigenvalue weighted by molar-refractivity contribution is 0.0490. The van der Waals surface area contributed by atoms with Gasteiger partial charge in [-0.15, -0.1) is 0 Å². The van der Waals surface area contributed by atoms with Crippen LogP contribution in [0.5, 0.6) is 5.75 Å². The number of fused-ring (bicyclic) bond motifs is 1. The number of imide groups is 1. The fourth-order valence-corrected chi connectivity index (χ4v) is 1.41. The number of benzene rings is 1. The van der Waals surface area contributed by atoms with E-state index in [1.165, 1.54) is 18.2 Å². The molecular formula is C9H7NO4. The molecule has 2 N–H and O–H groups in total. The first-order valence-electron chi connectivity index (χ1n) is 3.95. The van der Waals surface area contributed by atoms with Crippen LogP contribution in [0.3, 0.4) is 0 Å². The molecule has 0 aliphatic carbocycles. The Labute approximate surface area is 79.2 Å². The number of aromatic hydroxyl groups is 1. The van der Waals surface area contributed by atoms with Gasteiger partial charge in [-0.05, 0) is 18.2 Å². The number of amides is 2. The highest BCUT2D eigenvalue weighted by Gasteiger charge is 2.34. The van der Waals surface area contributed by atoms with Crippen molar-refractivity contribution in [2.24, 2.45) is 0 Å². The third kappa shape index (κ3) is 0.993. The van der Waals surface area contributed by atoms with Crippen molar-refractivity contribution in [1.82, 2.24) is 4.90 Å². The molecule has 1 aliphatic heterocycles. The van der Waals surface area contributed by atoms with Crippen LogP contribution in [0.2, 0.25) is 0 Å². The molecule has 0 bridgehead atoms. The molecule has 0 saturated heterocycles. The van der Waals surface area contributed by atoms with E-state index in [0.717, 1.165) is 0 Å². The predicted molar refractivity (Wildman–Crippen MR) is 45.7 cm³/mol. The molecule has 5 nitrogen and oxygen atoms in total. The van der Waals surface area contributed by atoms with E-state index < -0.39 is 18.5 Å². The zero-order valence-corrected chi connectivity index (χ0v) is 7.10. The molecule has 1 aromatic carbocycles. The summed E-state index contributed by atoms with van der Waals surface area (Å²) in [6.07, 6.45) is 0. The molecule has 0 spiro atoms. The molecule has 0 unspecified atom stereocenters. The zero-order chi connectivity index (χ0) is 10.3. The second kappa shape index (κ2) is 2.81. The molecule has 0 fully saturated rings. The number of aliphatic hydroxyl groups excluding tert-OH is 1. The summed E-state index contributed by atoms with van der Waals surface area (Å²) in [6.45, 7) is -0.646. The van der Waals surface area contributed by atoms with E-state index in [2.05, 4.69) is 0 Å². The average molecular weight is 193 g/mol. The Balaban J connectivity index is 2.58. The molecule has 2 rings (SSSR count). The molecule has 0 aromatic heterocycles. The summed E-state index contributed by atoms with van der Waals surface area (Å²) >= 11 is 0. The van der Waals surface area contributed by atoms with E-state index in [0.29, 0.717) is 4.90 Å². The van der Waals surface area contributed by atoms with Gasteiger partial charge in [-0.2, -0.15) is 0 Å². The van der Waals surface area contributed by atoms with Crippen molar-refractivity contribution in [2.75, 3.05) is 6.73 Å². The summed E-state index contributed by atoms with van der Waals surface area (Å²) in [5.74, 6) is -1.19. The number of aliphatic hydroxyl groups is 1. The minimum Gasteiger partial charge on any atom is -0.508 e. The number of rotatable bonds is 1. The highest BCUT2D eigenvalue weighted by atomic mass is 16.3. The maximum atomic E-state index is 11.4. The first-order chi connectivity index (χ1) is 6.65. The predicted octanol–water partition coefficient (Wildman–Crippen LogP) is -0.0620. The van der Waals surface area contributed by atoms with Gasteiger partial charge in [0.2, 0.25) is 0 Å². The lowest BCUT2D eigenvalue weighted by Crippen LogP contribution is -2.30. The van der Waals surface area contributed by atoms with Gasteiger partial charge in [0.25, 0.3) is 11.8 Å². The first-order valence-corrected chi connectivity index (χ1v) is 3.95. The van der Waals surface area contributed by atoms with Crippen molar-refractivity contribution in [1.29, 1.82) is 0 Å². The van der Waals surface area contributed by atoms with Crippen molar-refractivity contribution in [3.63, 3.8) is 0 Å². The number of phenols is 1. The summed E-state index contributed by atoms with van der Waals surface area (Å²) in [5, 5.41) is 17.9. The number of carbonyl (C=O) groups excluding carboxylic acids is 2. The van der Waals surface area contributed by atoms with Gasteiger partial charge in [0.1, 0.15) is 12.5 Å². The number of hydrogen-bond acceptors (Lipinski definition) is 4. The second-order valence-electron chi connectivity index (χ2n) is 2.91. The van der Waals surface area contributed by atoms with E-state index in [1.54, 1.807) is 0 Å². The summed E-state index contributed by atoms with van der Waals surface area (Å²) < 4.78 is 0. The Kier molecular flexibility index (Phi) is 1.75. The van der Waals surface area contributed by atoms with Gasteiger partial charge in [-0.25, -0.2) is 0 Å². The highest BCUT2D eigenvalue weighted by molar-refractivity contribution is 6.21. The highest BCUT2D eigenvalue weighted by Crippen LogP contribution is 2.25. The first kappa shape index (κ1) is 8.71. The van der Waals surface area contributed by atoms with E-state index >= 15 is 0 Å². The third-order valence-corrected chi connectivity index (χ3v) is 2.10. The molecule has 2 amide bonds. The van der Waals surface area contributed by atoms with Gasteiger partial charge < -0.3 is 10.2 Å². The molecule has 1 aliphatic rings. The summed E-state index contributed by atoms with van der Waals surface area (Å²) in [7, 11) is 0. The monoisotopic (exact) mass is 193 g/mol. The van der Waals surface area contributed by atoms with Crippen LogP contribution < -0.4 is 0 Å². The summed E-state index contributed by atoms with van der Waals surface area (Å²) in [4.78, 5) is 23.5. The molecule has 0 saturated carbocycles. The minimum absolute atomic E-state index is 0.0790. The van der Waals surface area contributed by atoms with E-state index in [1.807, 2.05) is 0 Å². The van der Waals surface area contributed by atoms with Crippen LogP contribution >= 0.6 is 0 Å². The number of phenolic OH excluding ortho intramolecular Hbond substituents is 1. The van der Waals surface area contributed by atoms with Crippen LogP contribution in [0.15, 0.2) is 18.2 Å². The quantitative estimate of drug-likeness (QED) is 0.612. The molecule has 0 radical (unpaired) electrons. The van der Waals surface area contributed by atoms with Gasteiger partial charge in [-0.1, -0.05) is 0 Å². The van der Waals surface area contributed by atoms with E-state index in [9.17, 15) is 9.59 Å². The number of hydrogen-bond donors (Lipinski definition) is 2. The minimum atomic E-state index is -0.646. The van der Waals surface area contributed by atoms with Crippen LogP contribution in [0.25, 0.3) is 0 Å². The van der Waals surface area contributed by atoms with Crippen molar-refractivity contribution in [3.8, 4) is 5.75 Å². The SMILES string of the molecule is O=C1c2ccc(O)cc2C(=O)N1CO. The van der Waals surface area contributed by atoms with Crippen LogP contribution in [0, 0.1) is 0 Å². The summed E-state index contributed by atoms with van der Waals surface area (Å²) in [6, 6.07) is 3.90. The maximum Gasteiger partial charge on any atom is 0.263 e. The van der Waals surface area contributed by atoms with E-state index in [-0.39, 0.29) is 16.9 Å². The Hall–Kier alpha value is -1.88. The average Bonchev–Trinajstić information content (AvgIpc) is 2.39. The fourth-order valence-electron chi connectivity index (χ4n) is 1.41. The van der Waals surface area contributed by atoms with Crippen LogP contribution in [-0.4, -0.2) is 33.7 Å². The maximum absolute atomic E-state index is 11.4. The number of carbonyl (C=O) groups is 2. The van der Waals surface area contributed by atoms with Crippen molar-refractivity contribution >= 4 is 11.8 Å². The van der Waals surface area contributed by atoms with Gasteiger partial charge in [-0.3, -0.25) is 14.5 Å². The molecular weight excluding hydrogens is 186 g/mol. The molecule has 1 heterocycles. The van der Waals surface area contributed by atoms with Crippen LogP contribution in [-0.2, 0) is 0 Å². The standard InChI is InChI=1S/C9H7NO4/c11-4-10-8(13)6-2-1-5(12)3-7(6)9(10)14/h1-3,11-12H,4H2. The van der Waals surface area contributed by atoms with E-state index in [4.69, 9.17) is 10.2 Å². The van der Waals surface area contributed by atoms with Gasteiger partial charge in [0.15, 0.2) is 0 Å². The Morgan fingerprint density at radius 2 is 1.79 bits per heavy atom. The molecule has 14 heavy (non-hydrogen) atoms. The smallest absolute Gasteiger partial charge is 0.263 e. The lowest BCUT2D eigenvalue weighted by atomic mass is 10.1. The fraction of sp³-hybridized carbons (Fsp3) is 0.111. The third-order valence-electron chi connectivity index (χ3n) is 2.10. The largest absolute Gasteiger partial charge is 0.508 e. The van der Waals surface area contributed by atoms with Gasteiger partial charge in [0, 0.05) is 0 Å². The lowest BCUT2D eigenvalue weighted by Gasteiger charge is -2.07. The molecule has 5 heteroatoms. The molecule has 1 aromatic rings. The van der Waals surface area contributed by atoms with Gasteiger partial charge in [0.05, 0.1) is 11.1 Å². The number of nitrogens with zero attached hydrogens (tertiary/aromatic N) is 1. The Morgan fingerprint density at radius 3 is 2.43 bits per heavy atom. The second-order valence-corrected chi connectivity index (χ2v) is 2.91. The molecule has 0 atom stereocenters. The van der Waals surface area contributed by atoms with Crippen LogP contribution in [0.4, 0.5) is 0 Å². The Morgan fingerprint density at radius 1 is 1.14 bits per heavy atom. The zero-order valence-electron chi connectivity index (χ0n) is 7.10.